The van der Waals surface area contributed by atoms with Gasteiger partial charge in [-0.15, -0.1) is 0 Å². The van der Waals surface area contributed by atoms with Gasteiger partial charge in [-0.2, -0.15) is 0 Å². The number of carbonyl (C=O) groups is 1. The van der Waals surface area contributed by atoms with Gasteiger partial charge < -0.3 is 9.64 Å². The molecule has 0 aliphatic carbocycles. The summed E-state index contributed by atoms with van der Waals surface area (Å²) in [5, 5.41) is 0. The third-order valence-electron chi connectivity index (χ3n) is 3.08. The highest BCUT2D eigenvalue weighted by Gasteiger charge is 2.32. The van der Waals surface area contributed by atoms with Gasteiger partial charge in [-0.25, -0.2) is 4.98 Å². The molecule has 2 heterocycles. The lowest BCUT2D eigenvalue weighted by atomic mass is 10.1. The van der Waals surface area contributed by atoms with E-state index in [9.17, 15) is 4.79 Å². The zero-order valence-corrected chi connectivity index (χ0v) is 10.4. The van der Waals surface area contributed by atoms with Gasteiger partial charge in [0.2, 0.25) is 5.88 Å². The maximum atomic E-state index is 12.1. The van der Waals surface area contributed by atoms with Crippen LogP contribution >= 0.6 is 0 Å². The van der Waals surface area contributed by atoms with E-state index in [1.54, 1.807) is 11.1 Å². The zero-order chi connectivity index (χ0) is 13.1. The smallest absolute Gasteiger partial charge is 0.254 e. The second-order valence-corrected chi connectivity index (χ2v) is 4.48. The Hall–Kier alpha value is -2.36. The number of pyridine rings is 1. The molecule has 1 aliphatic heterocycles. The van der Waals surface area contributed by atoms with Crippen molar-refractivity contribution < 1.29 is 9.53 Å². The molecule has 0 saturated carbocycles. The van der Waals surface area contributed by atoms with Gasteiger partial charge >= 0.3 is 0 Å². The largest absolute Gasteiger partial charge is 0.471 e. The van der Waals surface area contributed by atoms with Crippen molar-refractivity contribution in [2.75, 3.05) is 13.1 Å². The Labute approximate surface area is 111 Å². The van der Waals surface area contributed by atoms with Crippen LogP contribution in [0.25, 0.3) is 0 Å². The molecular formula is C15H14N2O2. The normalized spacial score (nSPS) is 14.8. The second kappa shape index (κ2) is 5.10. The number of carbonyl (C=O) groups excluding carboxylic acids is 1. The molecule has 96 valence electrons. The first-order valence-electron chi connectivity index (χ1n) is 6.25. The number of benzene rings is 1. The van der Waals surface area contributed by atoms with Crippen LogP contribution in [0.3, 0.4) is 0 Å². The average molecular weight is 254 g/mol. The molecule has 0 unspecified atom stereocenters. The van der Waals surface area contributed by atoms with Crippen molar-refractivity contribution in [3.05, 3.63) is 60.3 Å². The Bertz CT molecular complexity index is 551. The molecule has 0 bridgehead atoms. The number of amides is 1. The summed E-state index contributed by atoms with van der Waals surface area (Å²) in [6, 6.07) is 14.8. The average Bonchev–Trinajstić information content (AvgIpc) is 2.44. The molecular weight excluding hydrogens is 240 g/mol. The van der Waals surface area contributed by atoms with E-state index in [-0.39, 0.29) is 12.0 Å². The lowest BCUT2D eigenvalue weighted by Crippen LogP contribution is -2.56. The summed E-state index contributed by atoms with van der Waals surface area (Å²) in [6.45, 7) is 1.23. The van der Waals surface area contributed by atoms with Crippen molar-refractivity contribution in [1.29, 1.82) is 0 Å². The predicted molar refractivity (Wildman–Crippen MR) is 71.0 cm³/mol. The first-order valence-corrected chi connectivity index (χ1v) is 6.25. The van der Waals surface area contributed by atoms with E-state index in [0.717, 1.165) is 5.56 Å². The number of nitrogens with zero attached hydrogens (tertiary/aromatic N) is 2. The van der Waals surface area contributed by atoms with E-state index in [0.29, 0.717) is 19.0 Å². The fourth-order valence-corrected chi connectivity index (χ4v) is 2.03. The van der Waals surface area contributed by atoms with Crippen molar-refractivity contribution in [1.82, 2.24) is 9.88 Å². The van der Waals surface area contributed by atoms with Gasteiger partial charge in [0.25, 0.3) is 5.91 Å². The molecule has 4 heteroatoms. The molecule has 1 amide bonds. The van der Waals surface area contributed by atoms with E-state index in [1.165, 1.54) is 0 Å². The fourth-order valence-electron chi connectivity index (χ4n) is 2.03. The van der Waals surface area contributed by atoms with Crippen LogP contribution in [-0.4, -0.2) is 35.0 Å². The number of rotatable bonds is 3. The van der Waals surface area contributed by atoms with Gasteiger partial charge in [-0.05, 0) is 18.2 Å². The van der Waals surface area contributed by atoms with E-state index in [1.807, 2.05) is 48.5 Å². The lowest BCUT2D eigenvalue weighted by molar-refractivity contribution is 0.0160. The molecule has 0 spiro atoms. The minimum absolute atomic E-state index is 0.0440. The van der Waals surface area contributed by atoms with Crippen molar-refractivity contribution in [2.45, 2.75) is 6.10 Å². The number of hydrogen-bond donors (Lipinski definition) is 0. The maximum Gasteiger partial charge on any atom is 0.254 e. The minimum Gasteiger partial charge on any atom is -0.471 e. The SMILES string of the molecule is O=C(c1ccccc1)N1CC(Oc2ccccn2)C1. The molecule has 0 radical (unpaired) electrons. The Morgan fingerprint density at radius 1 is 1.11 bits per heavy atom. The fraction of sp³-hybridized carbons (Fsp3) is 0.200. The van der Waals surface area contributed by atoms with Gasteiger partial charge in [0.1, 0.15) is 6.10 Å². The highest BCUT2D eigenvalue weighted by atomic mass is 16.5. The van der Waals surface area contributed by atoms with E-state index < -0.39 is 0 Å². The molecule has 1 aromatic heterocycles. The molecule has 1 aliphatic rings. The monoisotopic (exact) mass is 254 g/mol. The summed E-state index contributed by atoms with van der Waals surface area (Å²) in [5.74, 6) is 0.667. The first-order chi connectivity index (χ1) is 9.33. The molecule has 1 aromatic carbocycles. The molecule has 1 saturated heterocycles. The summed E-state index contributed by atoms with van der Waals surface area (Å²) in [4.78, 5) is 18.0. The van der Waals surface area contributed by atoms with E-state index >= 15 is 0 Å². The molecule has 1 fully saturated rings. The topological polar surface area (TPSA) is 42.4 Å². The summed E-state index contributed by atoms with van der Waals surface area (Å²) >= 11 is 0. The third-order valence-corrected chi connectivity index (χ3v) is 3.08. The van der Waals surface area contributed by atoms with E-state index in [2.05, 4.69) is 4.98 Å². The van der Waals surface area contributed by atoms with Crippen molar-refractivity contribution in [3.8, 4) is 5.88 Å². The Kier molecular flexibility index (Phi) is 3.14. The van der Waals surface area contributed by atoms with Gasteiger partial charge in [-0.1, -0.05) is 24.3 Å². The summed E-state index contributed by atoms with van der Waals surface area (Å²) in [6.07, 6.45) is 1.74. The van der Waals surface area contributed by atoms with E-state index in [4.69, 9.17) is 4.74 Å². The number of ether oxygens (including phenoxy) is 1. The number of likely N-dealkylation sites (tertiary alicyclic amines) is 1. The summed E-state index contributed by atoms with van der Waals surface area (Å²) in [7, 11) is 0. The molecule has 0 N–H and O–H groups in total. The molecule has 2 aromatic rings. The van der Waals surface area contributed by atoms with Crippen molar-refractivity contribution in [2.24, 2.45) is 0 Å². The van der Waals surface area contributed by atoms with Crippen molar-refractivity contribution >= 4 is 5.91 Å². The third kappa shape index (κ3) is 2.57. The molecule has 3 rings (SSSR count). The summed E-state index contributed by atoms with van der Waals surface area (Å²) in [5.41, 5.74) is 0.721. The van der Waals surface area contributed by atoms with Crippen LogP contribution in [0, 0.1) is 0 Å². The van der Waals surface area contributed by atoms with Crippen LogP contribution in [0.2, 0.25) is 0 Å². The van der Waals surface area contributed by atoms with Crippen LogP contribution in [0.1, 0.15) is 10.4 Å². The van der Waals surface area contributed by atoms with Crippen LogP contribution < -0.4 is 4.74 Å². The maximum absolute atomic E-state index is 12.1. The lowest BCUT2D eigenvalue weighted by Gasteiger charge is -2.38. The molecule has 4 nitrogen and oxygen atoms in total. The van der Waals surface area contributed by atoms with Crippen molar-refractivity contribution in [3.63, 3.8) is 0 Å². The van der Waals surface area contributed by atoms with Crippen LogP contribution in [0.5, 0.6) is 5.88 Å². The zero-order valence-electron chi connectivity index (χ0n) is 10.4. The predicted octanol–water partition coefficient (Wildman–Crippen LogP) is 1.99. The van der Waals surface area contributed by atoms with Crippen LogP contribution in [0.15, 0.2) is 54.7 Å². The Morgan fingerprint density at radius 3 is 2.53 bits per heavy atom. The summed E-state index contributed by atoms with van der Waals surface area (Å²) < 4.78 is 5.66. The highest BCUT2D eigenvalue weighted by molar-refractivity contribution is 5.94. The Balaban J connectivity index is 1.54. The highest BCUT2D eigenvalue weighted by Crippen LogP contribution is 2.17. The second-order valence-electron chi connectivity index (χ2n) is 4.48. The number of aromatic nitrogens is 1. The van der Waals surface area contributed by atoms with Gasteiger partial charge in [-0.3, -0.25) is 4.79 Å². The van der Waals surface area contributed by atoms with Gasteiger partial charge in [0, 0.05) is 17.8 Å². The standard InChI is InChI=1S/C15H14N2O2/c18-15(12-6-2-1-3-7-12)17-10-13(11-17)19-14-8-4-5-9-16-14/h1-9,13H,10-11H2. The van der Waals surface area contributed by atoms with Gasteiger partial charge in [0.15, 0.2) is 0 Å². The van der Waals surface area contributed by atoms with Crippen LogP contribution in [0.4, 0.5) is 0 Å². The Morgan fingerprint density at radius 2 is 1.84 bits per heavy atom. The quantitative estimate of drug-likeness (QED) is 0.841. The first kappa shape index (κ1) is 11.7. The number of hydrogen-bond acceptors (Lipinski definition) is 3. The molecule has 0 atom stereocenters. The molecule has 19 heavy (non-hydrogen) atoms. The minimum atomic E-state index is 0.0440. The van der Waals surface area contributed by atoms with Gasteiger partial charge in [0.05, 0.1) is 13.1 Å². The van der Waals surface area contributed by atoms with Crippen LogP contribution in [-0.2, 0) is 0 Å².